The minimum Gasteiger partial charge on any atom is -0.479 e. The Kier molecular flexibility index (Phi) is 9.48. The molecule has 4 nitrogen and oxygen atoms in total. The molecule has 0 rings (SSSR count). The van der Waals surface area contributed by atoms with Crippen LogP contribution in [0.25, 0.3) is 0 Å². The summed E-state index contributed by atoms with van der Waals surface area (Å²) < 4.78 is 0. The van der Waals surface area contributed by atoms with E-state index in [9.17, 15) is 4.79 Å². The summed E-state index contributed by atoms with van der Waals surface area (Å²) >= 11 is 0. The molecule has 0 aromatic heterocycles. The molecule has 0 saturated carbocycles. The highest BCUT2D eigenvalue weighted by atomic mass is 16.4. The Labute approximate surface area is 99.3 Å². The van der Waals surface area contributed by atoms with Gasteiger partial charge in [0.1, 0.15) is 6.10 Å². The number of carboxylic acids is 1. The first-order valence-corrected chi connectivity index (χ1v) is 5.79. The number of hydrogen-bond acceptors (Lipinski definition) is 3. The van der Waals surface area contributed by atoms with Gasteiger partial charge < -0.3 is 10.2 Å². The number of rotatable bonds is 4. The van der Waals surface area contributed by atoms with E-state index in [0.717, 1.165) is 0 Å². The van der Waals surface area contributed by atoms with E-state index >= 15 is 0 Å². The first kappa shape index (κ1) is 17.8. The van der Waals surface area contributed by atoms with Crippen molar-refractivity contribution < 1.29 is 15.0 Å². The number of aliphatic hydroxyl groups is 1. The lowest BCUT2D eigenvalue weighted by atomic mass is 10.2. The van der Waals surface area contributed by atoms with Crippen LogP contribution in [0.5, 0.6) is 0 Å². The van der Waals surface area contributed by atoms with Crippen molar-refractivity contribution in [3.05, 3.63) is 0 Å². The maximum atomic E-state index is 9.45. The molecule has 0 aromatic carbocycles. The maximum absolute atomic E-state index is 9.45. The lowest BCUT2D eigenvalue weighted by Crippen LogP contribution is -2.42. The van der Waals surface area contributed by atoms with Crippen LogP contribution in [0, 0.1) is 0 Å². The number of aliphatic hydroxyl groups excluding tert-OH is 1. The third-order valence-corrected chi connectivity index (χ3v) is 2.15. The van der Waals surface area contributed by atoms with Gasteiger partial charge in [0.15, 0.2) is 0 Å². The molecule has 0 aliphatic carbocycles. The van der Waals surface area contributed by atoms with Gasteiger partial charge in [0.25, 0.3) is 0 Å². The van der Waals surface area contributed by atoms with Crippen LogP contribution < -0.4 is 0 Å². The summed E-state index contributed by atoms with van der Waals surface area (Å²) in [7, 11) is 0. The predicted octanol–water partition coefficient (Wildman–Crippen LogP) is 1.97. The zero-order chi connectivity index (χ0) is 13.5. The molecule has 0 fully saturated rings. The molecular formula is C12H27NO3. The Bertz CT molecular complexity index is 170. The summed E-state index contributed by atoms with van der Waals surface area (Å²) in [6.45, 7) is 14.7. The van der Waals surface area contributed by atoms with Gasteiger partial charge >= 0.3 is 5.97 Å². The molecule has 0 spiro atoms. The molecule has 0 aliphatic heterocycles. The topological polar surface area (TPSA) is 60.8 Å². The summed E-state index contributed by atoms with van der Waals surface area (Å²) in [6, 6.07) is 2.00. The summed E-state index contributed by atoms with van der Waals surface area (Å²) in [6.07, 6.45) is -1.23. The van der Waals surface area contributed by atoms with Crippen LogP contribution in [0.15, 0.2) is 0 Å². The summed E-state index contributed by atoms with van der Waals surface area (Å²) in [5.74, 6) is -1.19. The largest absolute Gasteiger partial charge is 0.479 e. The summed E-state index contributed by atoms with van der Waals surface area (Å²) in [5.41, 5.74) is 0. The molecule has 1 atom stereocenters. The van der Waals surface area contributed by atoms with E-state index in [1.807, 2.05) is 0 Å². The Hall–Kier alpha value is -0.610. The fraction of sp³-hybridized carbons (Fsp3) is 0.917. The van der Waals surface area contributed by atoms with Gasteiger partial charge in [-0.3, -0.25) is 4.90 Å². The van der Waals surface area contributed by atoms with Gasteiger partial charge in [-0.1, -0.05) is 0 Å². The molecule has 2 N–H and O–H groups in total. The van der Waals surface area contributed by atoms with Gasteiger partial charge in [-0.2, -0.15) is 0 Å². The smallest absolute Gasteiger partial charge is 0.332 e. The molecule has 1 unspecified atom stereocenters. The molecule has 0 aromatic rings. The third-order valence-electron chi connectivity index (χ3n) is 2.15. The Balaban J connectivity index is 0. The van der Waals surface area contributed by atoms with Crippen molar-refractivity contribution >= 4 is 5.97 Å². The van der Waals surface area contributed by atoms with Crippen LogP contribution in [-0.4, -0.2) is 45.3 Å². The van der Waals surface area contributed by atoms with Gasteiger partial charge in [-0.05, 0) is 48.5 Å². The number of aliphatic carboxylic acids is 1. The minimum absolute atomic E-state index is 0.667. The first-order valence-electron chi connectivity index (χ1n) is 5.79. The maximum Gasteiger partial charge on any atom is 0.332 e. The number of hydrogen-bond donors (Lipinski definition) is 2. The van der Waals surface area contributed by atoms with Gasteiger partial charge in [0.05, 0.1) is 0 Å². The molecule has 0 heterocycles. The Morgan fingerprint density at radius 3 is 1.06 bits per heavy atom. The zero-order valence-corrected chi connectivity index (χ0v) is 11.6. The summed E-state index contributed by atoms with van der Waals surface area (Å²) in [5, 5.41) is 15.8. The molecule has 16 heavy (non-hydrogen) atoms. The van der Waals surface area contributed by atoms with Crippen LogP contribution in [0.3, 0.4) is 0 Å². The average molecular weight is 233 g/mol. The standard InChI is InChI=1S/C9H21N.C3H6O3/c1-7(2)10(8(3)4)9(5)6;1-2(4)3(5)6/h7-9H,1-6H3;2,4H,1H3,(H,5,6). The fourth-order valence-electron chi connectivity index (χ4n) is 1.79. The van der Waals surface area contributed by atoms with E-state index in [2.05, 4.69) is 46.4 Å². The van der Waals surface area contributed by atoms with Crippen LogP contribution in [0.4, 0.5) is 0 Å². The second kappa shape index (κ2) is 8.53. The van der Waals surface area contributed by atoms with Crippen molar-refractivity contribution in [2.75, 3.05) is 0 Å². The van der Waals surface area contributed by atoms with Crippen LogP contribution in [0.2, 0.25) is 0 Å². The quantitative estimate of drug-likeness (QED) is 0.779. The lowest BCUT2D eigenvalue weighted by molar-refractivity contribution is -0.145. The Morgan fingerprint density at radius 2 is 1.06 bits per heavy atom. The number of carbonyl (C=O) groups is 1. The highest BCUT2D eigenvalue weighted by molar-refractivity contribution is 5.71. The normalized spacial score (nSPS) is 13.0. The second-order valence-corrected chi connectivity index (χ2v) is 4.74. The minimum atomic E-state index is -1.23. The first-order chi connectivity index (χ1) is 7.11. The molecule has 98 valence electrons. The predicted molar refractivity (Wildman–Crippen MR) is 66.6 cm³/mol. The number of nitrogens with zero attached hydrogens (tertiary/aromatic N) is 1. The van der Waals surface area contributed by atoms with E-state index in [1.165, 1.54) is 6.92 Å². The zero-order valence-electron chi connectivity index (χ0n) is 11.6. The molecular weight excluding hydrogens is 206 g/mol. The second-order valence-electron chi connectivity index (χ2n) is 4.74. The van der Waals surface area contributed by atoms with E-state index < -0.39 is 12.1 Å². The summed E-state index contributed by atoms with van der Waals surface area (Å²) in [4.78, 5) is 11.9. The molecule has 0 amide bonds. The van der Waals surface area contributed by atoms with Crippen LogP contribution in [-0.2, 0) is 4.79 Å². The molecule has 0 aliphatic rings. The van der Waals surface area contributed by atoms with Gasteiger partial charge in [0.2, 0.25) is 0 Å². The molecule has 4 heteroatoms. The van der Waals surface area contributed by atoms with Crippen molar-refractivity contribution in [1.82, 2.24) is 4.90 Å². The third kappa shape index (κ3) is 8.68. The van der Waals surface area contributed by atoms with Crippen LogP contribution in [0.1, 0.15) is 48.5 Å². The van der Waals surface area contributed by atoms with E-state index in [1.54, 1.807) is 0 Å². The Morgan fingerprint density at radius 1 is 0.875 bits per heavy atom. The molecule has 0 radical (unpaired) electrons. The monoisotopic (exact) mass is 233 g/mol. The van der Waals surface area contributed by atoms with Gasteiger partial charge in [0, 0.05) is 18.1 Å². The average Bonchev–Trinajstić information content (AvgIpc) is 2.01. The van der Waals surface area contributed by atoms with E-state index in [-0.39, 0.29) is 0 Å². The van der Waals surface area contributed by atoms with E-state index in [0.29, 0.717) is 18.1 Å². The van der Waals surface area contributed by atoms with Crippen molar-refractivity contribution in [3.8, 4) is 0 Å². The van der Waals surface area contributed by atoms with Crippen LogP contribution >= 0.6 is 0 Å². The van der Waals surface area contributed by atoms with Gasteiger partial charge in [-0.15, -0.1) is 0 Å². The highest BCUT2D eigenvalue weighted by Crippen LogP contribution is 2.09. The van der Waals surface area contributed by atoms with Crippen molar-refractivity contribution in [1.29, 1.82) is 0 Å². The SMILES string of the molecule is CC(C)N(C(C)C)C(C)C.CC(O)C(=O)O. The molecule has 0 bridgehead atoms. The highest BCUT2D eigenvalue weighted by Gasteiger charge is 2.15. The fourth-order valence-corrected chi connectivity index (χ4v) is 1.79. The van der Waals surface area contributed by atoms with Crippen molar-refractivity contribution in [3.63, 3.8) is 0 Å². The van der Waals surface area contributed by atoms with Crippen molar-refractivity contribution in [2.24, 2.45) is 0 Å². The molecule has 0 saturated heterocycles. The van der Waals surface area contributed by atoms with Crippen molar-refractivity contribution in [2.45, 2.75) is 72.7 Å². The lowest BCUT2D eigenvalue weighted by Gasteiger charge is -2.34. The van der Waals surface area contributed by atoms with Gasteiger partial charge in [-0.25, -0.2) is 4.79 Å². The number of carboxylic acid groups (broad SMARTS) is 1. The van der Waals surface area contributed by atoms with E-state index in [4.69, 9.17) is 10.2 Å².